The first kappa shape index (κ1) is 16.4. The van der Waals surface area contributed by atoms with Crippen molar-refractivity contribution >= 4 is 5.91 Å². The Hall–Kier alpha value is -0.610. The van der Waals surface area contributed by atoms with Crippen molar-refractivity contribution in [2.24, 2.45) is 5.41 Å². The van der Waals surface area contributed by atoms with Crippen LogP contribution in [0.15, 0.2) is 0 Å². The lowest BCUT2D eigenvalue weighted by molar-refractivity contribution is -0.127. The Morgan fingerprint density at radius 3 is 2.63 bits per heavy atom. The number of hydrogen-bond acceptors (Lipinski definition) is 3. The third kappa shape index (κ3) is 4.18. The maximum Gasteiger partial charge on any atom is 0.221 e. The fraction of sp³-hybridized carbons (Fsp3) is 0.933. The third-order valence-corrected chi connectivity index (χ3v) is 4.30. The number of carbonyl (C=O) groups is 1. The highest BCUT2D eigenvalue weighted by molar-refractivity contribution is 5.76. The molecule has 0 aliphatic heterocycles. The molecule has 0 aromatic carbocycles. The van der Waals surface area contributed by atoms with Gasteiger partial charge in [0.05, 0.1) is 6.10 Å². The van der Waals surface area contributed by atoms with Crippen LogP contribution in [-0.4, -0.2) is 37.2 Å². The van der Waals surface area contributed by atoms with Gasteiger partial charge in [-0.3, -0.25) is 4.79 Å². The summed E-state index contributed by atoms with van der Waals surface area (Å²) in [5, 5.41) is 6.42. The summed E-state index contributed by atoms with van der Waals surface area (Å²) >= 11 is 0. The number of amides is 1. The van der Waals surface area contributed by atoms with E-state index in [0.717, 1.165) is 26.0 Å². The number of rotatable bonds is 8. The Labute approximate surface area is 117 Å². The first-order valence-electron chi connectivity index (χ1n) is 7.58. The van der Waals surface area contributed by atoms with Crippen molar-refractivity contribution < 1.29 is 9.53 Å². The first-order valence-corrected chi connectivity index (χ1v) is 7.58. The summed E-state index contributed by atoms with van der Waals surface area (Å²) in [6, 6.07) is 0.695. The van der Waals surface area contributed by atoms with Gasteiger partial charge in [0.15, 0.2) is 0 Å². The Kier molecular flexibility index (Phi) is 6.27. The Bertz CT molecular complexity index is 294. The molecule has 0 aromatic heterocycles. The fourth-order valence-electron chi connectivity index (χ4n) is 2.82. The van der Waals surface area contributed by atoms with Crippen LogP contribution in [0.3, 0.4) is 0 Å². The van der Waals surface area contributed by atoms with Crippen LogP contribution in [-0.2, 0) is 9.53 Å². The largest absolute Gasteiger partial charge is 0.378 e. The molecule has 3 atom stereocenters. The molecule has 4 heteroatoms. The van der Waals surface area contributed by atoms with Gasteiger partial charge >= 0.3 is 0 Å². The van der Waals surface area contributed by atoms with Crippen molar-refractivity contribution in [3.8, 4) is 0 Å². The number of carbonyl (C=O) groups excluding carboxylic acids is 1. The molecule has 3 unspecified atom stereocenters. The number of hydrogen-bond donors (Lipinski definition) is 2. The molecule has 1 rings (SSSR count). The average molecular weight is 270 g/mol. The molecule has 19 heavy (non-hydrogen) atoms. The molecule has 1 aliphatic rings. The van der Waals surface area contributed by atoms with E-state index in [1.54, 1.807) is 0 Å². The second-order valence-electron chi connectivity index (χ2n) is 6.02. The van der Waals surface area contributed by atoms with Crippen LogP contribution in [0.5, 0.6) is 0 Å². The molecule has 0 heterocycles. The van der Waals surface area contributed by atoms with Crippen LogP contribution in [0.1, 0.15) is 53.9 Å². The second kappa shape index (κ2) is 7.25. The summed E-state index contributed by atoms with van der Waals surface area (Å²) in [5.74, 6) is 0.126. The van der Waals surface area contributed by atoms with E-state index in [1.165, 1.54) is 0 Å². The highest BCUT2D eigenvalue weighted by atomic mass is 16.5. The van der Waals surface area contributed by atoms with Gasteiger partial charge in [-0.05, 0) is 33.6 Å². The third-order valence-electron chi connectivity index (χ3n) is 4.30. The molecule has 0 aromatic rings. The molecule has 4 nitrogen and oxygen atoms in total. The quantitative estimate of drug-likeness (QED) is 0.710. The molecule has 0 spiro atoms. The zero-order valence-electron chi connectivity index (χ0n) is 13.1. The molecule has 1 saturated carbocycles. The molecule has 112 valence electrons. The van der Waals surface area contributed by atoms with Crippen LogP contribution < -0.4 is 10.6 Å². The molecule has 1 fully saturated rings. The standard InChI is InChI=1S/C15H30N2O2/c1-6-15(5)12(10-13(15)19-7-2)16-9-8-14(18)17-11(3)4/h11-13,16H,6-10H2,1-5H3,(H,17,18). The Morgan fingerprint density at radius 1 is 1.42 bits per heavy atom. The van der Waals surface area contributed by atoms with E-state index in [-0.39, 0.29) is 17.4 Å². The SMILES string of the molecule is CCOC1CC(NCCC(=O)NC(C)C)C1(C)CC. The molecule has 1 aliphatic carbocycles. The van der Waals surface area contributed by atoms with Gasteiger partial charge in [-0.25, -0.2) is 0 Å². The van der Waals surface area contributed by atoms with E-state index in [0.29, 0.717) is 18.6 Å². The van der Waals surface area contributed by atoms with Gasteiger partial charge in [-0.15, -0.1) is 0 Å². The van der Waals surface area contributed by atoms with Gasteiger partial charge in [-0.1, -0.05) is 13.8 Å². The Morgan fingerprint density at radius 2 is 2.11 bits per heavy atom. The molecular weight excluding hydrogens is 240 g/mol. The topological polar surface area (TPSA) is 50.4 Å². The monoisotopic (exact) mass is 270 g/mol. The highest BCUT2D eigenvalue weighted by Crippen LogP contribution is 2.45. The van der Waals surface area contributed by atoms with Crippen molar-refractivity contribution in [2.75, 3.05) is 13.2 Å². The van der Waals surface area contributed by atoms with E-state index in [1.807, 2.05) is 20.8 Å². The van der Waals surface area contributed by atoms with Crippen LogP contribution in [0.2, 0.25) is 0 Å². The maximum atomic E-state index is 11.6. The van der Waals surface area contributed by atoms with Crippen LogP contribution in [0, 0.1) is 5.41 Å². The van der Waals surface area contributed by atoms with Gasteiger partial charge in [0.2, 0.25) is 5.91 Å². The summed E-state index contributed by atoms with van der Waals surface area (Å²) in [7, 11) is 0. The summed E-state index contributed by atoms with van der Waals surface area (Å²) in [6.45, 7) is 12.0. The van der Waals surface area contributed by atoms with Crippen LogP contribution in [0.4, 0.5) is 0 Å². The predicted octanol–water partition coefficient (Wildman–Crippen LogP) is 2.08. The minimum atomic E-state index is 0.126. The minimum absolute atomic E-state index is 0.126. The number of ether oxygens (including phenoxy) is 1. The predicted molar refractivity (Wildman–Crippen MR) is 78.1 cm³/mol. The molecule has 1 amide bonds. The number of nitrogens with one attached hydrogen (secondary N) is 2. The van der Waals surface area contributed by atoms with Crippen molar-refractivity contribution in [1.82, 2.24) is 10.6 Å². The molecule has 0 radical (unpaired) electrons. The lowest BCUT2D eigenvalue weighted by atomic mass is 9.61. The smallest absolute Gasteiger partial charge is 0.221 e. The summed E-state index contributed by atoms with van der Waals surface area (Å²) in [6.07, 6.45) is 3.08. The van der Waals surface area contributed by atoms with Crippen LogP contribution >= 0.6 is 0 Å². The van der Waals surface area contributed by atoms with Crippen molar-refractivity contribution in [2.45, 2.75) is 72.1 Å². The zero-order valence-corrected chi connectivity index (χ0v) is 13.1. The summed E-state index contributed by atoms with van der Waals surface area (Å²) in [5.41, 5.74) is 0.213. The molecule has 0 saturated heterocycles. The van der Waals surface area contributed by atoms with Crippen LogP contribution in [0.25, 0.3) is 0 Å². The van der Waals surface area contributed by atoms with Gasteiger partial charge in [0.25, 0.3) is 0 Å². The lowest BCUT2D eigenvalue weighted by Gasteiger charge is -2.53. The van der Waals surface area contributed by atoms with Gasteiger partial charge in [0, 0.05) is 37.1 Å². The van der Waals surface area contributed by atoms with Gasteiger partial charge in [0.1, 0.15) is 0 Å². The average Bonchev–Trinajstić information content (AvgIpc) is 2.34. The minimum Gasteiger partial charge on any atom is -0.378 e. The van der Waals surface area contributed by atoms with Crippen molar-refractivity contribution in [3.63, 3.8) is 0 Å². The maximum absolute atomic E-state index is 11.6. The highest BCUT2D eigenvalue weighted by Gasteiger charge is 2.50. The zero-order chi connectivity index (χ0) is 14.5. The van der Waals surface area contributed by atoms with E-state index in [4.69, 9.17) is 4.74 Å². The van der Waals surface area contributed by atoms with E-state index in [9.17, 15) is 4.79 Å². The molecular formula is C15H30N2O2. The van der Waals surface area contributed by atoms with Crippen molar-refractivity contribution in [1.29, 1.82) is 0 Å². The fourth-order valence-corrected chi connectivity index (χ4v) is 2.82. The van der Waals surface area contributed by atoms with E-state index >= 15 is 0 Å². The second-order valence-corrected chi connectivity index (χ2v) is 6.02. The Balaban J connectivity index is 2.29. The normalized spacial score (nSPS) is 30.2. The van der Waals surface area contributed by atoms with E-state index in [2.05, 4.69) is 24.5 Å². The molecule has 2 N–H and O–H groups in total. The summed E-state index contributed by atoms with van der Waals surface area (Å²) < 4.78 is 5.78. The van der Waals surface area contributed by atoms with E-state index < -0.39 is 0 Å². The molecule has 0 bridgehead atoms. The van der Waals surface area contributed by atoms with Crippen molar-refractivity contribution in [3.05, 3.63) is 0 Å². The summed E-state index contributed by atoms with van der Waals surface area (Å²) in [4.78, 5) is 11.6. The lowest BCUT2D eigenvalue weighted by Crippen LogP contribution is -2.62. The van der Waals surface area contributed by atoms with Gasteiger partial charge in [-0.2, -0.15) is 0 Å². The first-order chi connectivity index (χ1) is 8.93. The van der Waals surface area contributed by atoms with Gasteiger partial charge < -0.3 is 15.4 Å².